The Morgan fingerprint density at radius 1 is 1.11 bits per heavy atom. The van der Waals surface area contributed by atoms with E-state index in [1.54, 1.807) is 0 Å². The molecule has 0 saturated heterocycles. The van der Waals surface area contributed by atoms with Crippen molar-refractivity contribution in [3.05, 3.63) is 57.8 Å². The fourth-order valence-electron chi connectivity index (χ4n) is 1.44. The third-order valence-corrected chi connectivity index (χ3v) is 2.75. The minimum Gasteiger partial charge on any atom is -0.450 e. The van der Waals surface area contributed by atoms with Crippen molar-refractivity contribution in [2.24, 2.45) is 0 Å². The average Bonchev–Trinajstić information content (AvgIpc) is 2.37. The molecule has 0 aliphatic rings. The van der Waals surface area contributed by atoms with Crippen LogP contribution in [0, 0.1) is 17.5 Å². The van der Waals surface area contributed by atoms with Crippen molar-refractivity contribution < 1.29 is 22.7 Å². The van der Waals surface area contributed by atoms with Gasteiger partial charge in [-0.2, -0.15) is 4.39 Å². The van der Waals surface area contributed by atoms with Crippen molar-refractivity contribution in [3.8, 4) is 11.5 Å². The van der Waals surface area contributed by atoms with E-state index in [-0.39, 0.29) is 10.0 Å². The van der Waals surface area contributed by atoms with Gasteiger partial charge in [0.2, 0.25) is 5.82 Å². The second kappa shape index (κ2) is 5.44. The molecule has 6 heteroatoms. The summed E-state index contributed by atoms with van der Waals surface area (Å²) in [7, 11) is 0. The number of halogens is 4. The van der Waals surface area contributed by atoms with Crippen LogP contribution < -0.4 is 4.74 Å². The highest BCUT2D eigenvalue weighted by molar-refractivity contribution is 9.10. The number of ether oxygens (including phenoxy) is 1. The van der Waals surface area contributed by atoms with Gasteiger partial charge in [-0.15, -0.1) is 0 Å². The van der Waals surface area contributed by atoms with Crippen LogP contribution in [0.5, 0.6) is 11.5 Å². The molecule has 0 saturated carbocycles. The van der Waals surface area contributed by atoms with E-state index in [9.17, 15) is 18.0 Å². The van der Waals surface area contributed by atoms with Crippen LogP contribution in [0.25, 0.3) is 0 Å². The number of para-hydroxylation sites is 1. The lowest BCUT2D eigenvalue weighted by atomic mass is 10.2. The van der Waals surface area contributed by atoms with Crippen LogP contribution in [0.4, 0.5) is 13.2 Å². The molecule has 0 aromatic heterocycles. The lowest BCUT2D eigenvalue weighted by Crippen LogP contribution is -1.97. The lowest BCUT2D eigenvalue weighted by molar-refractivity contribution is 0.112. The quantitative estimate of drug-likeness (QED) is 0.613. The normalized spacial score (nSPS) is 10.3. The maximum Gasteiger partial charge on any atom is 0.201 e. The van der Waals surface area contributed by atoms with Crippen molar-refractivity contribution in [1.82, 2.24) is 0 Å². The van der Waals surface area contributed by atoms with Gasteiger partial charge in [0, 0.05) is 4.47 Å². The Kier molecular flexibility index (Phi) is 3.90. The van der Waals surface area contributed by atoms with Gasteiger partial charge in [-0.05, 0) is 24.3 Å². The van der Waals surface area contributed by atoms with E-state index < -0.39 is 29.0 Å². The van der Waals surface area contributed by atoms with Gasteiger partial charge in [-0.25, -0.2) is 8.78 Å². The molecule has 0 amide bonds. The molecule has 19 heavy (non-hydrogen) atoms. The van der Waals surface area contributed by atoms with Crippen molar-refractivity contribution in [2.45, 2.75) is 0 Å². The Morgan fingerprint density at radius 3 is 2.53 bits per heavy atom. The van der Waals surface area contributed by atoms with Gasteiger partial charge in [0.1, 0.15) is 0 Å². The first-order chi connectivity index (χ1) is 9.02. The van der Waals surface area contributed by atoms with Crippen LogP contribution >= 0.6 is 15.9 Å². The Bertz CT molecular complexity index is 644. The van der Waals surface area contributed by atoms with Gasteiger partial charge in [-0.1, -0.05) is 22.0 Å². The Hall–Kier alpha value is -1.82. The maximum absolute atomic E-state index is 13.5. The SMILES string of the molecule is O=Cc1cccc(F)c1Oc1cc(Br)cc(F)c1F. The highest BCUT2D eigenvalue weighted by atomic mass is 79.9. The van der Waals surface area contributed by atoms with Crippen molar-refractivity contribution in [1.29, 1.82) is 0 Å². The van der Waals surface area contributed by atoms with Gasteiger partial charge in [0.15, 0.2) is 29.4 Å². The van der Waals surface area contributed by atoms with Crippen molar-refractivity contribution in [3.63, 3.8) is 0 Å². The van der Waals surface area contributed by atoms with Gasteiger partial charge >= 0.3 is 0 Å². The largest absolute Gasteiger partial charge is 0.450 e. The molecule has 0 heterocycles. The number of benzene rings is 2. The number of hydrogen-bond donors (Lipinski definition) is 0. The number of aldehydes is 1. The van der Waals surface area contributed by atoms with E-state index >= 15 is 0 Å². The molecule has 2 nitrogen and oxygen atoms in total. The summed E-state index contributed by atoms with van der Waals surface area (Å²) in [5.41, 5.74) is -0.0974. The summed E-state index contributed by atoms with van der Waals surface area (Å²) in [6.45, 7) is 0. The zero-order valence-corrected chi connectivity index (χ0v) is 10.9. The van der Waals surface area contributed by atoms with Crippen LogP contribution in [-0.4, -0.2) is 6.29 Å². The first-order valence-electron chi connectivity index (χ1n) is 5.09. The summed E-state index contributed by atoms with van der Waals surface area (Å²) in [4.78, 5) is 10.8. The average molecular weight is 331 g/mol. The summed E-state index contributed by atoms with van der Waals surface area (Å²) >= 11 is 2.96. The molecule has 0 unspecified atom stereocenters. The molecule has 0 radical (unpaired) electrons. The second-order valence-electron chi connectivity index (χ2n) is 3.58. The summed E-state index contributed by atoms with van der Waals surface area (Å²) in [6, 6.07) is 5.71. The molecule has 0 aliphatic heterocycles. The number of carbonyl (C=O) groups is 1. The summed E-state index contributed by atoms with van der Waals surface area (Å²) < 4.78 is 45.4. The molecule has 0 bridgehead atoms. The zero-order valence-electron chi connectivity index (χ0n) is 9.29. The van der Waals surface area contributed by atoms with Crippen LogP contribution in [0.1, 0.15) is 10.4 Å². The van der Waals surface area contributed by atoms with Crippen molar-refractivity contribution >= 4 is 22.2 Å². The standard InChI is InChI=1S/C13H6BrF3O2/c14-8-4-10(16)12(17)11(5-8)19-13-7(6-18)2-1-3-9(13)15/h1-6H. The molecular formula is C13H6BrF3O2. The zero-order chi connectivity index (χ0) is 14.0. The topological polar surface area (TPSA) is 26.3 Å². The Morgan fingerprint density at radius 2 is 1.84 bits per heavy atom. The lowest BCUT2D eigenvalue weighted by Gasteiger charge is -2.10. The van der Waals surface area contributed by atoms with E-state index in [2.05, 4.69) is 15.9 Å². The summed E-state index contributed by atoms with van der Waals surface area (Å²) in [5, 5.41) is 0. The highest BCUT2D eigenvalue weighted by Crippen LogP contribution is 2.32. The summed E-state index contributed by atoms with van der Waals surface area (Å²) in [5.74, 6) is -4.21. The van der Waals surface area contributed by atoms with Crippen LogP contribution in [0.15, 0.2) is 34.8 Å². The number of carbonyl (C=O) groups excluding carboxylic acids is 1. The monoisotopic (exact) mass is 330 g/mol. The van der Waals surface area contributed by atoms with Crippen LogP contribution in [-0.2, 0) is 0 Å². The Balaban J connectivity index is 2.50. The Labute approximate surface area is 114 Å². The van der Waals surface area contributed by atoms with E-state index in [1.807, 2.05) is 0 Å². The fourth-order valence-corrected chi connectivity index (χ4v) is 1.85. The minimum absolute atomic E-state index is 0.0974. The first kappa shape index (κ1) is 13.6. The van der Waals surface area contributed by atoms with E-state index in [0.29, 0.717) is 6.29 Å². The number of rotatable bonds is 3. The molecule has 0 fully saturated rings. The third-order valence-electron chi connectivity index (χ3n) is 2.30. The van der Waals surface area contributed by atoms with Crippen LogP contribution in [0.3, 0.4) is 0 Å². The van der Waals surface area contributed by atoms with E-state index in [0.717, 1.165) is 18.2 Å². The van der Waals surface area contributed by atoms with Gasteiger partial charge < -0.3 is 4.74 Å². The highest BCUT2D eigenvalue weighted by Gasteiger charge is 2.16. The van der Waals surface area contributed by atoms with E-state index in [1.165, 1.54) is 12.1 Å². The molecule has 0 aliphatic carbocycles. The van der Waals surface area contributed by atoms with Gasteiger partial charge in [0.05, 0.1) is 5.56 Å². The van der Waals surface area contributed by atoms with Gasteiger partial charge in [0.25, 0.3) is 0 Å². The fraction of sp³-hybridized carbons (Fsp3) is 0. The van der Waals surface area contributed by atoms with E-state index in [4.69, 9.17) is 4.74 Å². The van der Waals surface area contributed by atoms with Crippen molar-refractivity contribution in [2.75, 3.05) is 0 Å². The second-order valence-corrected chi connectivity index (χ2v) is 4.49. The summed E-state index contributed by atoms with van der Waals surface area (Å²) in [6.07, 6.45) is 0.366. The van der Waals surface area contributed by atoms with Crippen LogP contribution in [0.2, 0.25) is 0 Å². The molecule has 0 atom stereocenters. The molecule has 98 valence electrons. The minimum atomic E-state index is -1.26. The number of hydrogen-bond acceptors (Lipinski definition) is 2. The predicted molar refractivity (Wildman–Crippen MR) is 65.9 cm³/mol. The molecule has 2 aromatic rings. The first-order valence-corrected chi connectivity index (χ1v) is 5.88. The molecular weight excluding hydrogens is 325 g/mol. The predicted octanol–water partition coefficient (Wildman–Crippen LogP) is 4.47. The molecule has 0 spiro atoms. The molecule has 2 rings (SSSR count). The van der Waals surface area contributed by atoms with Gasteiger partial charge in [-0.3, -0.25) is 4.79 Å². The smallest absolute Gasteiger partial charge is 0.201 e. The maximum atomic E-state index is 13.5. The molecule has 2 aromatic carbocycles. The third kappa shape index (κ3) is 2.78. The molecule has 0 N–H and O–H groups in total.